The van der Waals surface area contributed by atoms with E-state index < -0.39 is 0 Å². The molecule has 0 atom stereocenters. The van der Waals surface area contributed by atoms with Crippen LogP contribution in [0.2, 0.25) is 0 Å². The fourth-order valence-electron chi connectivity index (χ4n) is 3.85. The SMILES string of the molecule is OCCc1ccc(C#Cc2ccc(CCc3ccc(C#Cc4ccc(CCO)cc4)cc3)cc2)cc1. The molecule has 0 aromatic heterocycles. The molecular formula is C34H30O2. The van der Waals surface area contributed by atoms with E-state index in [9.17, 15) is 0 Å². The van der Waals surface area contributed by atoms with E-state index in [-0.39, 0.29) is 13.2 Å². The minimum Gasteiger partial charge on any atom is -0.396 e. The molecule has 0 saturated carbocycles. The van der Waals surface area contributed by atoms with Gasteiger partial charge in [0.2, 0.25) is 0 Å². The van der Waals surface area contributed by atoms with Crippen molar-refractivity contribution in [1.82, 2.24) is 0 Å². The van der Waals surface area contributed by atoms with E-state index in [2.05, 4.69) is 72.2 Å². The topological polar surface area (TPSA) is 40.5 Å². The monoisotopic (exact) mass is 470 g/mol. The molecule has 0 heterocycles. The largest absolute Gasteiger partial charge is 0.396 e. The van der Waals surface area contributed by atoms with Crippen LogP contribution in [0.4, 0.5) is 0 Å². The summed E-state index contributed by atoms with van der Waals surface area (Å²) in [6.45, 7) is 0.334. The van der Waals surface area contributed by atoms with Gasteiger partial charge in [0.1, 0.15) is 0 Å². The molecule has 2 nitrogen and oxygen atoms in total. The quantitative estimate of drug-likeness (QED) is 0.358. The third-order valence-electron chi connectivity index (χ3n) is 6.02. The number of aliphatic hydroxyl groups is 2. The van der Waals surface area contributed by atoms with Crippen molar-refractivity contribution in [3.63, 3.8) is 0 Å². The first-order valence-electron chi connectivity index (χ1n) is 12.3. The minimum atomic E-state index is 0.167. The van der Waals surface area contributed by atoms with E-state index in [4.69, 9.17) is 10.2 Å². The molecule has 0 aliphatic rings. The fraction of sp³-hybridized carbons (Fsp3) is 0.176. The second-order valence-electron chi connectivity index (χ2n) is 8.73. The number of hydrogen-bond donors (Lipinski definition) is 2. The van der Waals surface area contributed by atoms with Gasteiger partial charge in [0.25, 0.3) is 0 Å². The van der Waals surface area contributed by atoms with Gasteiger partial charge in [-0.1, -0.05) is 72.2 Å². The van der Waals surface area contributed by atoms with Gasteiger partial charge in [-0.15, -0.1) is 0 Å². The molecule has 0 aliphatic heterocycles. The molecular weight excluding hydrogens is 440 g/mol. The summed E-state index contributed by atoms with van der Waals surface area (Å²) in [5.41, 5.74) is 8.79. The molecule has 4 aromatic rings. The molecule has 0 radical (unpaired) electrons. The summed E-state index contributed by atoms with van der Waals surface area (Å²) in [7, 11) is 0. The summed E-state index contributed by atoms with van der Waals surface area (Å²) >= 11 is 0. The molecule has 2 N–H and O–H groups in total. The van der Waals surface area contributed by atoms with Crippen LogP contribution >= 0.6 is 0 Å². The number of hydrogen-bond acceptors (Lipinski definition) is 2. The molecule has 4 aromatic carbocycles. The van der Waals surface area contributed by atoms with Crippen molar-refractivity contribution in [2.75, 3.05) is 13.2 Å². The lowest BCUT2D eigenvalue weighted by Gasteiger charge is -2.03. The predicted octanol–water partition coefficient (Wildman–Crippen LogP) is 5.34. The lowest BCUT2D eigenvalue weighted by molar-refractivity contribution is 0.299. The van der Waals surface area contributed by atoms with Crippen LogP contribution in [0.25, 0.3) is 0 Å². The van der Waals surface area contributed by atoms with Gasteiger partial charge in [0.15, 0.2) is 0 Å². The summed E-state index contributed by atoms with van der Waals surface area (Å²) < 4.78 is 0. The molecule has 0 bridgehead atoms. The molecule has 2 heteroatoms. The molecule has 4 rings (SSSR count). The highest BCUT2D eigenvalue weighted by Gasteiger charge is 1.98. The van der Waals surface area contributed by atoms with Crippen LogP contribution in [-0.4, -0.2) is 23.4 Å². The molecule has 0 saturated heterocycles. The van der Waals surface area contributed by atoms with Crippen molar-refractivity contribution < 1.29 is 10.2 Å². The summed E-state index contributed by atoms with van der Waals surface area (Å²) in [4.78, 5) is 0. The Morgan fingerprint density at radius 3 is 0.778 bits per heavy atom. The smallest absolute Gasteiger partial charge is 0.0471 e. The maximum atomic E-state index is 9.01. The number of rotatable bonds is 7. The molecule has 0 amide bonds. The molecule has 0 unspecified atom stereocenters. The van der Waals surface area contributed by atoms with Crippen LogP contribution in [-0.2, 0) is 25.7 Å². The average Bonchev–Trinajstić information content (AvgIpc) is 2.93. The Bertz CT molecular complexity index is 1250. The van der Waals surface area contributed by atoms with Crippen molar-refractivity contribution in [2.45, 2.75) is 25.7 Å². The maximum absolute atomic E-state index is 9.01. The lowest BCUT2D eigenvalue weighted by atomic mass is 10.0. The second-order valence-corrected chi connectivity index (χ2v) is 8.73. The Labute approximate surface area is 214 Å². The fourth-order valence-corrected chi connectivity index (χ4v) is 3.85. The van der Waals surface area contributed by atoms with E-state index in [1.54, 1.807) is 0 Å². The Balaban J connectivity index is 1.28. The first-order chi connectivity index (χ1) is 17.7. The Morgan fingerprint density at radius 2 is 0.556 bits per heavy atom. The predicted molar refractivity (Wildman–Crippen MR) is 147 cm³/mol. The maximum Gasteiger partial charge on any atom is 0.0471 e. The Hall–Kier alpha value is -4.08. The third-order valence-corrected chi connectivity index (χ3v) is 6.02. The highest BCUT2D eigenvalue weighted by atomic mass is 16.3. The van der Waals surface area contributed by atoms with Crippen LogP contribution < -0.4 is 0 Å². The van der Waals surface area contributed by atoms with Gasteiger partial charge in [0.05, 0.1) is 0 Å². The second kappa shape index (κ2) is 13.1. The van der Waals surface area contributed by atoms with Crippen LogP contribution in [0.5, 0.6) is 0 Å². The average molecular weight is 471 g/mol. The van der Waals surface area contributed by atoms with E-state index >= 15 is 0 Å². The van der Waals surface area contributed by atoms with Gasteiger partial charge in [-0.2, -0.15) is 0 Å². The van der Waals surface area contributed by atoms with E-state index in [1.165, 1.54) is 11.1 Å². The summed E-state index contributed by atoms with van der Waals surface area (Å²) in [6, 6.07) is 33.0. The normalized spacial score (nSPS) is 10.2. The van der Waals surface area contributed by atoms with Gasteiger partial charge in [-0.3, -0.25) is 0 Å². The first kappa shape index (κ1) is 25.0. The third kappa shape index (κ3) is 7.72. The zero-order valence-electron chi connectivity index (χ0n) is 20.4. The van der Waals surface area contributed by atoms with E-state index in [0.29, 0.717) is 12.8 Å². The molecule has 0 aliphatic carbocycles. The molecule has 0 fully saturated rings. The number of aliphatic hydroxyl groups excluding tert-OH is 2. The van der Waals surface area contributed by atoms with Crippen LogP contribution in [0, 0.1) is 23.7 Å². The Kier molecular flexibility index (Phi) is 9.13. The van der Waals surface area contributed by atoms with E-state index in [1.807, 2.05) is 48.5 Å². The van der Waals surface area contributed by atoms with Crippen molar-refractivity contribution in [3.8, 4) is 23.7 Å². The zero-order valence-corrected chi connectivity index (χ0v) is 20.4. The van der Waals surface area contributed by atoms with Gasteiger partial charge >= 0.3 is 0 Å². The number of benzene rings is 4. The number of aryl methyl sites for hydroxylation is 2. The van der Waals surface area contributed by atoms with Crippen LogP contribution in [0.15, 0.2) is 97.1 Å². The standard InChI is InChI=1S/C34H30O2/c35-25-23-33-19-15-31(16-20-33)13-11-29-7-3-27(4-8-29)1-2-28-5-9-30(10-6-28)12-14-32-17-21-34(22-18-32)24-26-36/h3-10,15-22,35-36H,1-2,23-26H2. The highest BCUT2D eigenvalue weighted by molar-refractivity contribution is 5.45. The minimum absolute atomic E-state index is 0.167. The van der Waals surface area contributed by atoms with Crippen molar-refractivity contribution in [3.05, 3.63) is 142 Å². The van der Waals surface area contributed by atoms with Crippen molar-refractivity contribution in [2.24, 2.45) is 0 Å². The van der Waals surface area contributed by atoms with Gasteiger partial charge in [-0.25, -0.2) is 0 Å². The molecule has 0 spiro atoms. The first-order valence-corrected chi connectivity index (χ1v) is 12.3. The summed E-state index contributed by atoms with van der Waals surface area (Å²) in [5.74, 6) is 12.9. The molecule has 36 heavy (non-hydrogen) atoms. The lowest BCUT2D eigenvalue weighted by Crippen LogP contribution is -1.92. The molecule has 178 valence electrons. The van der Waals surface area contributed by atoms with Crippen molar-refractivity contribution in [1.29, 1.82) is 0 Å². The Morgan fingerprint density at radius 1 is 0.333 bits per heavy atom. The highest BCUT2D eigenvalue weighted by Crippen LogP contribution is 2.11. The summed E-state index contributed by atoms with van der Waals surface area (Å²) in [6.07, 6.45) is 3.31. The van der Waals surface area contributed by atoms with Crippen molar-refractivity contribution >= 4 is 0 Å². The van der Waals surface area contributed by atoms with Crippen LogP contribution in [0.1, 0.15) is 44.5 Å². The van der Waals surface area contributed by atoms with E-state index in [0.717, 1.165) is 46.2 Å². The van der Waals surface area contributed by atoms with Gasteiger partial charge in [-0.05, 0) is 96.5 Å². The summed E-state index contributed by atoms with van der Waals surface area (Å²) in [5, 5.41) is 18.0. The van der Waals surface area contributed by atoms with Gasteiger partial charge < -0.3 is 10.2 Å². The zero-order chi connectivity index (χ0) is 25.0. The van der Waals surface area contributed by atoms with Gasteiger partial charge in [0, 0.05) is 35.5 Å². The van der Waals surface area contributed by atoms with Crippen LogP contribution in [0.3, 0.4) is 0 Å².